The lowest BCUT2D eigenvalue weighted by Crippen LogP contribution is -2.19. The summed E-state index contributed by atoms with van der Waals surface area (Å²) < 4.78 is 6.41. The molecule has 0 saturated heterocycles. The van der Waals surface area contributed by atoms with Gasteiger partial charge < -0.3 is 10.1 Å². The molecule has 19 heavy (non-hydrogen) atoms. The van der Waals surface area contributed by atoms with Crippen LogP contribution in [0.25, 0.3) is 0 Å². The zero-order valence-electron chi connectivity index (χ0n) is 11.8. The van der Waals surface area contributed by atoms with Crippen LogP contribution in [-0.4, -0.2) is 13.7 Å². The summed E-state index contributed by atoms with van der Waals surface area (Å²) in [6.45, 7) is 2.03. The van der Waals surface area contributed by atoms with Crippen molar-refractivity contribution in [3.63, 3.8) is 0 Å². The van der Waals surface area contributed by atoms with Crippen molar-refractivity contribution in [3.8, 4) is 5.75 Å². The van der Waals surface area contributed by atoms with Crippen molar-refractivity contribution >= 4 is 15.9 Å². The minimum Gasteiger partial charge on any atom is -0.497 e. The number of benzene rings is 1. The number of ether oxygens (including phenoxy) is 1. The second kappa shape index (κ2) is 7.91. The zero-order valence-corrected chi connectivity index (χ0v) is 13.3. The molecule has 1 saturated carbocycles. The Kier molecular flexibility index (Phi) is 6.18. The molecule has 3 heteroatoms. The molecule has 0 heterocycles. The lowest BCUT2D eigenvalue weighted by molar-refractivity contribution is 0.333. The van der Waals surface area contributed by atoms with E-state index >= 15 is 0 Å². The summed E-state index contributed by atoms with van der Waals surface area (Å²) in [7, 11) is 1.71. The van der Waals surface area contributed by atoms with Gasteiger partial charge in [0.2, 0.25) is 0 Å². The van der Waals surface area contributed by atoms with Crippen molar-refractivity contribution in [2.45, 2.75) is 45.1 Å². The quantitative estimate of drug-likeness (QED) is 0.776. The summed E-state index contributed by atoms with van der Waals surface area (Å²) in [6.07, 6.45) is 8.51. The Labute approximate surface area is 125 Å². The average Bonchev–Trinajstić information content (AvgIpc) is 2.46. The fraction of sp³-hybridized carbons (Fsp3) is 0.625. The first-order chi connectivity index (χ1) is 9.29. The number of hydrogen-bond donors (Lipinski definition) is 1. The van der Waals surface area contributed by atoms with Crippen molar-refractivity contribution in [2.24, 2.45) is 5.92 Å². The van der Waals surface area contributed by atoms with E-state index in [9.17, 15) is 0 Å². The van der Waals surface area contributed by atoms with Crippen LogP contribution in [0.5, 0.6) is 5.75 Å². The second-order valence-corrected chi connectivity index (χ2v) is 6.28. The van der Waals surface area contributed by atoms with Gasteiger partial charge in [-0.1, -0.05) is 48.0 Å². The van der Waals surface area contributed by atoms with Crippen LogP contribution in [0.15, 0.2) is 22.7 Å². The predicted octanol–water partition coefficient (Wildman–Crippen LogP) is 4.52. The molecular weight excluding hydrogens is 302 g/mol. The Balaban J connectivity index is 1.72. The molecule has 0 aliphatic heterocycles. The maximum Gasteiger partial charge on any atom is 0.119 e. The van der Waals surface area contributed by atoms with E-state index in [-0.39, 0.29) is 0 Å². The van der Waals surface area contributed by atoms with E-state index in [1.807, 2.05) is 6.07 Å². The van der Waals surface area contributed by atoms with E-state index in [4.69, 9.17) is 4.74 Å². The van der Waals surface area contributed by atoms with Crippen LogP contribution in [0.1, 0.15) is 44.1 Å². The number of halogens is 1. The van der Waals surface area contributed by atoms with Crippen molar-refractivity contribution in [2.75, 3.05) is 13.7 Å². The third-order valence-electron chi connectivity index (χ3n) is 4.02. The van der Waals surface area contributed by atoms with Crippen LogP contribution >= 0.6 is 15.9 Å². The zero-order chi connectivity index (χ0) is 13.5. The average molecular weight is 326 g/mol. The maximum atomic E-state index is 5.26. The highest BCUT2D eigenvalue weighted by atomic mass is 79.9. The Morgan fingerprint density at radius 1 is 1.26 bits per heavy atom. The molecule has 1 aromatic carbocycles. The third-order valence-corrected chi connectivity index (χ3v) is 4.80. The summed E-state index contributed by atoms with van der Waals surface area (Å²) >= 11 is 3.59. The third kappa shape index (κ3) is 4.81. The van der Waals surface area contributed by atoms with Gasteiger partial charge in [0.25, 0.3) is 0 Å². The van der Waals surface area contributed by atoms with Gasteiger partial charge >= 0.3 is 0 Å². The number of rotatable bonds is 6. The van der Waals surface area contributed by atoms with E-state index in [0.29, 0.717) is 0 Å². The summed E-state index contributed by atoms with van der Waals surface area (Å²) in [4.78, 5) is 0. The first-order valence-corrected chi connectivity index (χ1v) is 8.12. The molecule has 1 aromatic rings. The summed E-state index contributed by atoms with van der Waals surface area (Å²) in [5.74, 6) is 1.88. The van der Waals surface area contributed by atoms with Gasteiger partial charge in [0.15, 0.2) is 0 Å². The van der Waals surface area contributed by atoms with E-state index in [0.717, 1.165) is 29.2 Å². The van der Waals surface area contributed by atoms with Crippen LogP contribution in [0.2, 0.25) is 0 Å². The largest absolute Gasteiger partial charge is 0.497 e. The molecule has 1 fully saturated rings. The van der Waals surface area contributed by atoms with Gasteiger partial charge in [-0.3, -0.25) is 0 Å². The van der Waals surface area contributed by atoms with Gasteiger partial charge in [-0.15, -0.1) is 0 Å². The van der Waals surface area contributed by atoms with Crippen LogP contribution < -0.4 is 10.1 Å². The minimum absolute atomic E-state index is 0.907. The number of hydrogen-bond acceptors (Lipinski definition) is 2. The number of methoxy groups -OCH3 is 1. The molecule has 1 N–H and O–H groups in total. The van der Waals surface area contributed by atoms with Crippen LogP contribution in [0, 0.1) is 5.92 Å². The lowest BCUT2D eigenvalue weighted by atomic mass is 9.87. The minimum atomic E-state index is 0.907. The van der Waals surface area contributed by atoms with Crippen molar-refractivity contribution < 1.29 is 4.74 Å². The Morgan fingerprint density at radius 2 is 2.05 bits per heavy atom. The van der Waals surface area contributed by atoms with Gasteiger partial charge in [-0.2, -0.15) is 0 Å². The Bertz CT molecular complexity index is 388. The highest BCUT2D eigenvalue weighted by Gasteiger charge is 2.12. The molecular formula is C16H24BrNO. The fourth-order valence-electron chi connectivity index (χ4n) is 2.82. The molecule has 1 aliphatic carbocycles. The monoisotopic (exact) mass is 325 g/mol. The highest BCUT2D eigenvalue weighted by molar-refractivity contribution is 9.10. The van der Waals surface area contributed by atoms with Gasteiger partial charge in [0, 0.05) is 11.0 Å². The highest BCUT2D eigenvalue weighted by Crippen LogP contribution is 2.26. The first-order valence-electron chi connectivity index (χ1n) is 7.32. The smallest absolute Gasteiger partial charge is 0.119 e. The summed E-state index contributed by atoms with van der Waals surface area (Å²) in [6, 6.07) is 6.13. The molecule has 0 amide bonds. The SMILES string of the molecule is COc1ccc(Br)c(CNCCC2CCCCC2)c1. The predicted molar refractivity (Wildman–Crippen MR) is 83.6 cm³/mol. The van der Waals surface area contributed by atoms with Crippen LogP contribution in [-0.2, 0) is 6.54 Å². The first kappa shape index (κ1) is 14.9. The van der Waals surface area contributed by atoms with Gasteiger partial charge in [0.05, 0.1) is 7.11 Å². The molecule has 0 unspecified atom stereocenters. The van der Waals surface area contributed by atoms with E-state index < -0.39 is 0 Å². The van der Waals surface area contributed by atoms with Crippen LogP contribution in [0.4, 0.5) is 0 Å². The van der Waals surface area contributed by atoms with Crippen molar-refractivity contribution in [1.82, 2.24) is 5.32 Å². The van der Waals surface area contributed by atoms with Gasteiger partial charge in [-0.05, 0) is 42.6 Å². The molecule has 2 rings (SSSR count). The summed E-state index contributed by atoms with van der Waals surface area (Å²) in [5, 5.41) is 3.56. The van der Waals surface area contributed by atoms with E-state index in [2.05, 4.69) is 33.4 Å². The van der Waals surface area contributed by atoms with E-state index in [1.54, 1.807) is 7.11 Å². The summed E-state index contributed by atoms with van der Waals surface area (Å²) in [5.41, 5.74) is 1.27. The van der Waals surface area contributed by atoms with E-state index in [1.165, 1.54) is 44.1 Å². The molecule has 0 spiro atoms. The maximum absolute atomic E-state index is 5.26. The Morgan fingerprint density at radius 3 is 2.79 bits per heavy atom. The van der Waals surface area contributed by atoms with Crippen molar-refractivity contribution in [3.05, 3.63) is 28.2 Å². The standard InChI is InChI=1S/C16H24BrNO/c1-19-15-7-8-16(17)14(11-15)12-18-10-9-13-5-3-2-4-6-13/h7-8,11,13,18H,2-6,9-10,12H2,1H3. The normalized spacial score (nSPS) is 16.5. The van der Waals surface area contributed by atoms with Crippen LogP contribution in [0.3, 0.4) is 0 Å². The molecule has 0 bridgehead atoms. The second-order valence-electron chi connectivity index (χ2n) is 5.43. The molecule has 0 atom stereocenters. The Hall–Kier alpha value is -0.540. The molecule has 0 aromatic heterocycles. The number of nitrogens with one attached hydrogen (secondary N) is 1. The van der Waals surface area contributed by atoms with Crippen molar-refractivity contribution in [1.29, 1.82) is 0 Å². The van der Waals surface area contributed by atoms with Gasteiger partial charge in [-0.25, -0.2) is 0 Å². The molecule has 2 nitrogen and oxygen atoms in total. The fourth-order valence-corrected chi connectivity index (χ4v) is 3.21. The lowest BCUT2D eigenvalue weighted by Gasteiger charge is -2.21. The topological polar surface area (TPSA) is 21.3 Å². The molecule has 106 valence electrons. The molecule has 1 aliphatic rings. The molecule has 0 radical (unpaired) electrons. The van der Waals surface area contributed by atoms with Gasteiger partial charge in [0.1, 0.15) is 5.75 Å².